The maximum atomic E-state index is 13.4. The number of para-hydroxylation sites is 2. The second-order valence-electron chi connectivity index (χ2n) is 19.6. The summed E-state index contributed by atoms with van der Waals surface area (Å²) in [6.07, 6.45) is 5.56. The van der Waals surface area contributed by atoms with E-state index in [4.69, 9.17) is 4.42 Å². The van der Waals surface area contributed by atoms with Gasteiger partial charge in [0, 0.05) is 83.3 Å². The summed E-state index contributed by atoms with van der Waals surface area (Å²) in [5.74, 6) is 1.29. The van der Waals surface area contributed by atoms with Crippen LogP contribution in [0.15, 0.2) is 198 Å². The molecule has 0 amide bonds. The van der Waals surface area contributed by atoms with Crippen molar-refractivity contribution in [1.82, 2.24) is 19.7 Å². The van der Waals surface area contributed by atoms with E-state index in [1.807, 2.05) is 43.3 Å². The zero-order valence-electron chi connectivity index (χ0n) is 46.1. The summed E-state index contributed by atoms with van der Waals surface area (Å²) in [4.78, 5) is 13.5. The number of pyridine rings is 1. The average Bonchev–Trinajstić information content (AvgIpc) is 4.20. The van der Waals surface area contributed by atoms with Gasteiger partial charge < -0.3 is 19.1 Å². The fraction of sp³-hybridized carbons (Fsp3) is 0.297. The number of aliphatic hydroxyl groups excluding tert-OH is 1. The van der Waals surface area contributed by atoms with Gasteiger partial charge in [0.05, 0.1) is 12.5 Å². The number of halogens is 2. The summed E-state index contributed by atoms with van der Waals surface area (Å²) in [5.41, 5.74) is 12.9. The first-order valence-electron chi connectivity index (χ1n) is 26.6. The molecule has 10 heteroatoms. The molecule has 3 atom stereocenters. The molecule has 10 aromatic rings. The zero-order valence-corrected chi connectivity index (χ0v) is 48.5. The fourth-order valence-corrected chi connectivity index (χ4v) is 8.93. The second-order valence-corrected chi connectivity index (χ2v) is 19.6. The summed E-state index contributed by atoms with van der Waals surface area (Å²) in [6.45, 7) is 18.4. The van der Waals surface area contributed by atoms with Crippen LogP contribution in [0.4, 0.5) is 8.78 Å². The van der Waals surface area contributed by atoms with Gasteiger partial charge in [-0.1, -0.05) is 218 Å². The van der Waals surface area contributed by atoms with Crippen LogP contribution in [0.5, 0.6) is 0 Å². The number of hydrogen-bond acceptors (Lipinski definition) is 5. The number of aromatic nitrogens is 4. The summed E-state index contributed by atoms with van der Waals surface area (Å²) in [6, 6.07) is 61.2. The molecule has 0 fully saturated rings. The van der Waals surface area contributed by atoms with E-state index in [1.165, 1.54) is 44.1 Å². The molecule has 3 unspecified atom stereocenters. The SMILES string of the molecule is C.C.C.C.C.C.CCC(C)c1ccc(-c2nnc(-c3ccc(-c4ccccc4)cc3)o2)cc1.CCC(C)c1ccc(CC(C(C)=[OH+])=C(C)O)cc1.CCC(C)n1c2ccccc2c2ccccc21.Cc1ccnc(-c2[c-]cc(F)cc2F)c1.[Ir]. The normalized spacial score (nSPS) is 11.4. The maximum Gasteiger partial charge on any atom is 0.320 e. The molecule has 0 aliphatic carbocycles. The van der Waals surface area contributed by atoms with Crippen molar-refractivity contribution < 1.29 is 43.2 Å². The molecule has 10 rings (SSSR count). The number of ketones is 1. The van der Waals surface area contributed by atoms with Crippen LogP contribution in [0.2, 0.25) is 0 Å². The number of aryl methyl sites for hydroxylation is 1. The number of hydrogen-bond donors (Lipinski definition) is 1. The molecule has 3 aromatic heterocycles. The topological polar surface area (TPSA) is 98.4 Å². The molecule has 3 heterocycles. The summed E-state index contributed by atoms with van der Waals surface area (Å²) < 4.78 is 34.4. The molecule has 84 heavy (non-hydrogen) atoms. The Morgan fingerprint density at radius 1 is 0.595 bits per heavy atom. The standard InChI is InChI=1S/C24H22N2O.C16H17N.C16H22O2.C12H8F2N.6CH4.Ir/c1-3-17(2)18-9-13-21(14-10-18)23-25-26-24(27-23)22-15-11-20(12-16-22)19-7-5-4-6-8-19;1-3-12(2)17-15-10-6-4-8-13(15)14-9-5-7-11-16(14)17;1-5-11(2)15-8-6-14(7-9-15)10-16(12(3)17)13(4)18;1-8-4-5-15-12(6-8)10-3-2-9(13)7-11(10)14;;;;;;;/h4-17H,3H2,1-2H3;4-12H,3H2,1-2H3;6-9,11,17H,5,10H2,1-4H3;2,4-7H,1H3;6*1H4;/q;;;-1;;;;;;;/p+1. The molecule has 0 spiro atoms. The number of benzene rings is 7. The number of carbonyl (C=O) groups excluding carboxylic acids is 1. The fourth-order valence-electron chi connectivity index (χ4n) is 8.93. The van der Waals surface area contributed by atoms with E-state index in [0.29, 0.717) is 47.3 Å². The Morgan fingerprint density at radius 3 is 1.50 bits per heavy atom. The minimum atomic E-state index is -0.645. The van der Waals surface area contributed by atoms with E-state index in [9.17, 15) is 18.7 Å². The summed E-state index contributed by atoms with van der Waals surface area (Å²) >= 11 is 0. The molecule has 1 radical (unpaired) electrons. The molecule has 0 aliphatic heterocycles. The third kappa shape index (κ3) is 19.7. The molecular formula is C74H94F2IrN4O3. The maximum absolute atomic E-state index is 13.4. The van der Waals surface area contributed by atoms with Gasteiger partial charge in [-0.15, -0.1) is 22.3 Å². The van der Waals surface area contributed by atoms with Gasteiger partial charge in [0.1, 0.15) is 5.76 Å². The number of rotatable bonds is 13. The molecule has 7 aromatic carbocycles. The van der Waals surface area contributed by atoms with Crippen molar-refractivity contribution in [2.45, 2.75) is 150 Å². The predicted molar refractivity (Wildman–Crippen MR) is 354 cm³/mol. The summed E-state index contributed by atoms with van der Waals surface area (Å²) in [7, 11) is 0. The van der Waals surface area contributed by atoms with E-state index < -0.39 is 11.6 Å². The Labute approximate surface area is 516 Å². The number of nitrogens with zero attached hydrogens (tertiary/aromatic N) is 4. The van der Waals surface area contributed by atoms with Crippen LogP contribution in [0.1, 0.15) is 159 Å². The Bertz CT molecular complexity index is 3480. The third-order valence-electron chi connectivity index (χ3n) is 14.1. The minimum Gasteiger partial charge on any atom is -0.512 e. The van der Waals surface area contributed by atoms with Crippen molar-refractivity contribution in [2.24, 2.45) is 0 Å². The van der Waals surface area contributed by atoms with Gasteiger partial charge >= 0.3 is 5.78 Å². The largest absolute Gasteiger partial charge is 0.512 e. The Kier molecular flexibility index (Phi) is 33.5. The van der Waals surface area contributed by atoms with Crippen molar-refractivity contribution in [3.05, 3.63) is 233 Å². The summed E-state index contributed by atoms with van der Waals surface area (Å²) in [5, 5.41) is 20.7. The van der Waals surface area contributed by atoms with E-state index in [2.05, 4.69) is 189 Å². The Balaban J connectivity index is 0.00000109. The third-order valence-corrected chi connectivity index (χ3v) is 14.1. The van der Waals surface area contributed by atoms with Gasteiger partial charge in [0.15, 0.2) is 0 Å². The minimum absolute atomic E-state index is 0. The first-order valence-corrected chi connectivity index (χ1v) is 26.6. The van der Waals surface area contributed by atoms with Crippen LogP contribution < -0.4 is 0 Å². The molecule has 451 valence electrons. The quantitative estimate of drug-likeness (QED) is 0.0537. The smallest absolute Gasteiger partial charge is 0.320 e. The molecule has 0 bridgehead atoms. The van der Waals surface area contributed by atoms with Crippen molar-refractivity contribution in [3.8, 4) is 45.3 Å². The van der Waals surface area contributed by atoms with Gasteiger partial charge in [-0.2, -0.15) is 0 Å². The predicted octanol–water partition coefficient (Wildman–Crippen LogP) is 22.4. The number of aliphatic hydroxyl groups is 1. The Hall–Kier alpha value is -7.65. The van der Waals surface area contributed by atoms with Gasteiger partial charge in [0.25, 0.3) is 0 Å². The molecular weight excluding hydrogens is 1220 g/mol. The van der Waals surface area contributed by atoms with Crippen LogP contribution in [-0.2, 0) is 26.5 Å². The number of allylic oxidation sites excluding steroid dienone is 2. The first-order chi connectivity index (χ1) is 37.2. The van der Waals surface area contributed by atoms with Gasteiger partial charge in [-0.3, -0.25) is 13.6 Å². The van der Waals surface area contributed by atoms with Crippen LogP contribution >= 0.6 is 0 Å². The monoisotopic (exact) mass is 1320 g/mol. The van der Waals surface area contributed by atoms with Crippen LogP contribution in [0.25, 0.3) is 67.1 Å². The van der Waals surface area contributed by atoms with E-state index in [0.717, 1.165) is 53.6 Å². The van der Waals surface area contributed by atoms with Gasteiger partial charge in [-0.25, -0.2) is 0 Å². The van der Waals surface area contributed by atoms with Crippen molar-refractivity contribution >= 4 is 27.6 Å². The van der Waals surface area contributed by atoms with E-state index in [1.54, 1.807) is 26.1 Å². The number of fused-ring (bicyclic) bond motifs is 3. The molecule has 2 N–H and O–H groups in total. The Morgan fingerprint density at radius 2 is 1.05 bits per heavy atom. The van der Waals surface area contributed by atoms with Crippen LogP contribution in [0.3, 0.4) is 0 Å². The van der Waals surface area contributed by atoms with Gasteiger partial charge in [0.2, 0.25) is 11.8 Å². The molecule has 0 saturated heterocycles. The van der Waals surface area contributed by atoms with Crippen molar-refractivity contribution in [2.75, 3.05) is 0 Å². The molecule has 7 nitrogen and oxygen atoms in total. The zero-order chi connectivity index (χ0) is 55.0. The second kappa shape index (κ2) is 36.8. The molecule has 0 saturated carbocycles. The average molecular weight is 1320 g/mol. The van der Waals surface area contributed by atoms with E-state index in [-0.39, 0.29) is 81.8 Å². The van der Waals surface area contributed by atoms with Gasteiger partial charge in [-0.05, 0) is 128 Å². The van der Waals surface area contributed by atoms with Crippen LogP contribution in [0, 0.1) is 24.6 Å². The van der Waals surface area contributed by atoms with E-state index >= 15 is 0 Å². The van der Waals surface area contributed by atoms with Crippen molar-refractivity contribution in [1.29, 1.82) is 0 Å². The van der Waals surface area contributed by atoms with Crippen molar-refractivity contribution in [3.63, 3.8) is 0 Å². The molecule has 0 aliphatic rings. The first kappa shape index (κ1) is 76.3. The van der Waals surface area contributed by atoms with Crippen LogP contribution in [-0.4, -0.2) is 35.4 Å².